The second-order valence-corrected chi connectivity index (χ2v) is 3.95. The Morgan fingerprint density at radius 2 is 2.29 bits per heavy atom. The average Bonchev–Trinajstić information content (AvgIpc) is 2.39. The molecule has 1 aromatic rings. The van der Waals surface area contributed by atoms with Gasteiger partial charge in [-0.15, -0.1) is 0 Å². The zero-order valence-corrected chi connectivity index (χ0v) is 9.81. The molecule has 5 nitrogen and oxygen atoms in total. The van der Waals surface area contributed by atoms with Gasteiger partial charge >= 0.3 is 5.97 Å². The predicted molar refractivity (Wildman–Crippen MR) is 63.0 cm³/mol. The number of rotatable bonds is 3. The van der Waals surface area contributed by atoms with Crippen molar-refractivity contribution in [3.05, 3.63) is 23.9 Å². The molecule has 1 aliphatic rings. The molecule has 1 fully saturated rings. The number of nitrogens with one attached hydrogen (secondary N) is 1. The van der Waals surface area contributed by atoms with Crippen molar-refractivity contribution >= 4 is 11.8 Å². The summed E-state index contributed by atoms with van der Waals surface area (Å²) in [5, 5.41) is 3.30. The number of esters is 1. The van der Waals surface area contributed by atoms with Crippen LogP contribution in [0.4, 0.5) is 5.82 Å². The maximum atomic E-state index is 11.4. The topological polar surface area (TPSA) is 60.5 Å². The Balaban J connectivity index is 2.02. The Kier molecular flexibility index (Phi) is 3.93. The first-order chi connectivity index (χ1) is 8.29. The number of carbonyl (C=O) groups excluding carboxylic acids is 1. The molecule has 2 heterocycles. The maximum Gasteiger partial charge on any atom is 0.338 e. The van der Waals surface area contributed by atoms with Gasteiger partial charge in [0, 0.05) is 25.5 Å². The minimum atomic E-state index is -0.345. The first-order valence-corrected chi connectivity index (χ1v) is 5.68. The smallest absolute Gasteiger partial charge is 0.338 e. The summed E-state index contributed by atoms with van der Waals surface area (Å²) in [4.78, 5) is 15.6. The van der Waals surface area contributed by atoms with E-state index in [-0.39, 0.29) is 5.97 Å². The van der Waals surface area contributed by atoms with Gasteiger partial charge in [0.25, 0.3) is 0 Å². The van der Waals surface area contributed by atoms with Gasteiger partial charge in [-0.25, -0.2) is 9.78 Å². The molecule has 1 saturated heterocycles. The van der Waals surface area contributed by atoms with E-state index in [1.54, 1.807) is 18.3 Å². The third-order valence-corrected chi connectivity index (χ3v) is 2.75. The summed E-state index contributed by atoms with van der Waals surface area (Å²) in [6.07, 6.45) is 3.53. The molecular weight excluding hydrogens is 220 g/mol. The summed E-state index contributed by atoms with van der Waals surface area (Å²) in [5.41, 5.74) is 0.511. The van der Waals surface area contributed by atoms with Crippen molar-refractivity contribution in [2.75, 3.05) is 25.6 Å². The largest absolute Gasteiger partial charge is 0.465 e. The normalized spacial score (nSPS) is 16.5. The number of methoxy groups -OCH3 is 1. The van der Waals surface area contributed by atoms with E-state index in [2.05, 4.69) is 15.0 Å². The number of nitrogens with zero attached hydrogens (tertiary/aromatic N) is 1. The number of hydrogen-bond acceptors (Lipinski definition) is 5. The highest BCUT2D eigenvalue weighted by Crippen LogP contribution is 2.14. The van der Waals surface area contributed by atoms with Crippen LogP contribution in [0.25, 0.3) is 0 Å². The summed E-state index contributed by atoms with van der Waals surface area (Å²) in [6.45, 7) is 1.54. The van der Waals surface area contributed by atoms with Crippen LogP contribution in [0.2, 0.25) is 0 Å². The minimum Gasteiger partial charge on any atom is -0.465 e. The van der Waals surface area contributed by atoms with Crippen molar-refractivity contribution in [1.29, 1.82) is 0 Å². The number of ether oxygens (including phenoxy) is 2. The molecule has 17 heavy (non-hydrogen) atoms. The van der Waals surface area contributed by atoms with E-state index in [0.717, 1.165) is 26.1 Å². The summed E-state index contributed by atoms with van der Waals surface area (Å²) >= 11 is 0. The van der Waals surface area contributed by atoms with E-state index in [1.165, 1.54) is 7.11 Å². The van der Waals surface area contributed by atoms with Gasteiger partial charge < -0.3 is 14.8 Å². The number of anilines is 1. The van der Waals surface area contributed by atoms with E-state index in [4.69, 9.17) is 4.74 Å². The Morgan fingerprint density at radius 1 is 1.53 bits per heavy atom. The molecule has 0 bridgehead atoms. The minimum absolute atomic E-state index is 0.345. The number of carbonyl (C=O) groups is 1. The summed E-state index contributed by atoms with van der Waals surface area (Å²) in [5.74, 6) is 0.363. The lowest BCUT2D eigenvalue weighted by atomic mass is 10.1. The number of pyridine rings is 1. The van der Waals surface area contributed by atoms with Crippen molar-refractivity contribution < 1.29 is 14.3 Å². The third-order valence-electron chi connectivity index (χ3n) is 2.75. The lowest BCUT2D eigenvalue weighted by molar-refractivity contribution is 0.0600. The van der Waals surface area contributed by atoms with Gasteiger partial charge in [-0.2, -0.15) is 0 Å². The Morgan fingerprint density at radius 3 is 3.00 bits per heavy atom. The molecule has 1 aromatic heterocycles. The molecule has 0 unspecified atom stereocenters. The average molecular weight is 236 g/mol. The first kappa shape index (κ1) is 11.9. The fourth-order valence-corrected chi connectivity index (χ4v) is 1.81. The van der Waals surface area contributed by atoms with Crippen LogP contribution >= 0.6 is 0 Å². The maximum absolute atomic E-state index is 11.4. The summed E-state index contributed by atoms with van der Waals surface area (Å²) in [6, 6.07) is 3.71. The van der Waals surface area contributed by atoms with E-state index in [1.807, 2.05) is 0 Å². The Bertz CT molecular complexity index is 389. The first-order valence-electron chi connectivity index (χ1n) is 5.68. The molecule has 0 aromatic carbocycles. The zero-order valence-electron chi connectivity index (χ0n) is 9.81. The van der Waals surface area contributed by atoms with Crippen molar-refractivity contribution in [2.45, 2.75) is 18.9 Å². The van der Waals surface area contributed by atoms with Crippen LogP contribution < -0.4 is 5.32 Å². The van der Waals surface area contributed by atoms with Crippen LogP contribution in [-0.4, -0.2) is 37.3 Å². The molecule has 0 spiro atoms. The molecule has 0 radical (unpaired) electrons. The van der Waals surface area contributed by atoms with Gasteiger partial charge in [-0.3, -0.25) is 0 Å². The standard InChI is InChI=1S/C12H16N2O3/c1-16-12(15)9-2-5-13-11(8-9)14-10-3-6-17-7-4-10/h2,5,8,10H,3-4,6-7H2,1H3,(H,13,14). The van der Waals surface area contributed by atoms with Crippen molar-refractivity contribution in [3.8, 4) is 0 Å². The van der Waals surface area contributed by atoms with E-state index in [0.29, 0.717) is 17.4 Å². The molecule has 0 atom stereocenters. The molecule has 0 amide bonds. The molecule has 1 aliphatic heterocycles. The highest BCUT2D eigenvalue weighted by molar-refractivity contribution is 5.89. The van der Waals surface area contributed by atoms with Gasteiger partial charge in [-0.05, 0) is 25.0 Å². The van der Waals surface area contributed by atoms with Gasteiger partial charge in [0.15, 0.2) is 0 Å². The lowest BCUT2D eigenvalue weighted by Gasteiger charge is -2.23. The Labute approximate surface area is 100 Å². The molecular formula is C12H16N2O3. The lowest BCUT2D eigenvalue weighted by Crippen LogP contribution is -2.28. The van der Waals surface area contributed by atoms with Gasteiger partial charge in [0.2, 0.25) is 0 Å². The number of aromatic nitrogens is 1. The molecule has 1 N–H and O–H groups in total. The summed E-state index contributed by atoms with van der Waals surface area (Å²) in [7, 11) is 1.37. The van der Waals surface area contributed by atoms with Crippen LogP contribution in [0, 0.1) is 0 Å². The van der Waals surface area contributed by atoms with Crippen molar-refractivity contribution in [3.63, 3.8) is 0 Å². The van der Waals surface area contributed by atoms with Crippen molar-refractivity contribution in [2.24, 2.45) is 0 Å². The molecule has 0 saturated carbocycles. The fourth-order valence-electron chi connectivity index (χ4n) is 1.81. The quantitative estimate of drug-likeness (QED) is 0.805. The number of hydrogen-bond donors (Lipinski definition) is 1. The predicted octanol–water partition coefficient (Wildman–Crippen LogP) is 1.46. The SMILES string of the molecule is COC(=O)c1ccnc(NC2CCOCC2)c1. The van der Waals surface area contributed by atoms with Crippen LogP contribution in [0.15, 0.2) is 18.3 Å². The van der Waals surface area contributed by atoms with E-state index >= 15 is 0 Å². The van der Waals surface area contributed by atoms with Gasteiger partial charge in [0.05, 0.1) is 12.7 Å². The van der Waals surface area contributed by atoms with Crippen LogP contribution in [-0.2, 0) is 9.47 Å². The fraction of sp³-hybridized carbons (Fsp3) is 0.500. The zero-order chi connectivity index (χ0) is 12.1. The molecule has 92 valence electrons. The van der Waals surface area contributed by atoms with Crippen LogP contribution in [0.1, 0.15) is 23.2 Å². The summed E-state index contributed by atoms with van der Waals surface area (Å²) < 4.78 is 9.95. The van der Waals surface area contributed by atoms with Crippen LogP contribution in [0.5, 0.6) is 0 Å². The highest BCUT2D eigenvalue weighted by Gasteiger charge is 2.14. The molecule has 2 rings (SSSR count). The van der Waals surface area contributed by atoms with Gasteiger partial charge in [0.1, 0.15) is 5.82 Å². The van der Waals surface area contributed by atoms with Gasteiger partial charge in [-0.1, -0.05) is 0 Å². The molecule has 5 heteroatoms. The van der Waals surface area contributed by atoms with E-state index in [9.17, 15) is 4.79 Å². The third kappa shape index (κ3) is 3.17. The Hall–Kier alpha value is -1.62. The second kappa shape index (κ2) is 5.63. The second-order valence-electron chi connectivity index (χ2n) is 3.95. The molecule has 0 aliphatic carbocycles. The van der Waals surface area contributed by atoms with E-state index < -0.39 is 0 Å². The highest BCUT2D eigenvalue weighted by atomic mass is 16.5. The van der Waals surface area contributed by atoms with Crippen LogP contribution in [0.3, 0.4) is 0 Å². The monoisotopic (exact) mass is 236 g/mol. The van der Waals surface area contributed by atoms with Crippen molar-refractivity contribution in [1.82, 2.24) is 4.98 Å².